The average molecular weight is 509 g/mol. The van der Waals surface area contributed by atoms with Crippen molar-refractivity contribution in [1.29, 1.82) is 0 Å². The molecular formula is C25H19Cl2FN6O. The molecule has 0 aliphatic rings. The van der Waals surface area contributed by atoms with Gasteiger partial charge in [-0.3, -0.25) is 9.48 Å². The number of pyridine rings is 1. The van der Waals surface area contributed by atoms with Crippen LogP contribution in [0.25, 0.3) is 22.2 Å². The molecule has 0 saturated heterocycles. The number of amides is 1. The number of nitrogens with zero attached hydrogens (tertiary/aromatic N) is 5. The summed E-state index contributed by atoms with van der Waals surface area (Å²) in [4.78, 5) is 17.3. The predicted molar refractivity (Wildman–Crippen MR) is 134 cm³/mol. The van der Waals surface area contributed by atoms with Gasteiger partial charge >= 0.3 is 0 Å². The van der Waals surface area contributed by atoms with Crippen LogP contribution < -0.4 is 5.32 Å². The van der Waals surface area contributed by atoms with Crippen LogP contribution >= 0.6 is 23.2 Å². The number of aromatic nitrogens is 5. The van der Waals surface area contributed by atoms with Crippen molar-refractivity contribution in [1.82, 2.24) is 24.5 Å². The molecule has 0 spiro atoms. The van der Waals surface area contributed by atoms with E-state index in [1.807, 2.05) is 43.3 Å². The van der Waals surface area contributed by atoms with Crippen LogP contribution in [0.2, 0.25) is 10.0 Å². The lowest BCUT2D eigenvalue weighted by atomic mass is 10.0. The minimum absolute atomic E-state index is 0.0669. The van der Waals surface area contributed by atoms with Crippen LogP contribution in [0.5, 0.6) is 0 Å². The van der Waals surface area contributed by atoms with Crippen molar-refractivity contribution < 1.29 is 9.18 Å². The summed E-state index contributed by atoms with van der Waals surface area (Å²) in [6, 6.07) is 16.0. The Morgan fingerprint density at radius 2 is 1.86 bits per heavy atom. The van der Waals surface area contributed by atoms with Gasteiger partial charge in [0.2, 0.25) is 5.91 Å². The normalized spacial score (nSPS) is 11.2. The molecule has 1 N–H and O–H groups in total. The van der Waals surface area contributed by atoms with E-state index in [-0.39, 0.29) is 34.9 Å². The van der Waals surface area contributed by atoms with Crippen molar-refractivity contribution in [3.05, 3.63) is 94.1 Å². The van der Waals surface area contributed by atoms with Gasteiger partial charge in [0.1, 0.15) is 17.4 Å². The number of carbonyl (C=O) groups excluding carboxylic acids is 1. The van der Waals surface area contributed by atoms with Gasteiger partial charge in [-0.25, -0.2) is 14.1 Å². The Labute approximate surface area is 210 Å². The maximum absolute atomic E-state index is 13.3. The minimum Gasteiger partial charge on any atom is -0.306 e. The Morgan fingerprint density at radius 1 is 1.06 bits per heavy atom. The topological polar surface area (TPSA) is 77.6 Å². The lowest BCUT2D eigenvalue weighted by Crippen LogP contribution is -2.20. The highest BCUT2D eigenvalue weighted by molar-refractivity contribution is 6.33. The highest BCUT2D eigenvalue weighted by atomic mass is 35.5. The van der Waals surface area contributed by atoms with Crippen molar-refractivity contribution in [2.75, 3.05) is 5.32 Å². The third-order valence-electron chi connectivity index (χ3n) is 5.51. The Kier molecular flexibility index (Phi) is 6.23. The van der Waals surface area contributed by atoms with E-state index in [0.717, 1.165) is 22.2 Å². The first-order valence-corrected chi connectivity index (χ1v) is 11.5. The average Bonchev–Trinajstić information content (AvgIpc) is 3.34. The summed E-state index contributed by atoms with van der Waals surface area (Å²) in [5.74, 6) is -0.564. The second kappa shape index (κ2) is 9.48. The van der Waals surface area contributed by atoms with Gasteiger partial charge in [-0.05, 0) is 41.8 Å². The zero-order valence-electron chi connectivity index (χ0n) is 18.5. The molecule has 3 heterocycles. The summed E-state index contributed by atoms with van der Waals surface area (Å²) in [7, 11) is 0. The zero-order chi connectivity index (χ0) is 24.5. The van der Waals surface area contributed by atoms with Gasteiger partial charge in [0.05, 0.1) is 12.2 Å². The summed E-state index contributed by atoms with van der Waals surface area (Å²) < 4.78 is 16.4. The molecule has 5 aromatic rings. The molecular weight excluding hydrogens is 490 g/mol. The van der Waals surface area contributed by atoms with Crippen molar-refractivity contribution >= 4 is 46.0 Å². The Hall–Kier alpha value is -3.75. The standard InChI is InChI=1S/C25H19Cl2FN6O/c1-15-23-19(16-5-3-2-4-6-16)9-10-29-25(23)34(31-15)14-22(35)30-24-21(27)13-33(32-24)12-17-7-8-18(28)11-20(17)26/h2-11,13H,12,14H2,1H3,(H,30,32,35). The van der Waals surface area contributed by atoms with E-state index in [9.17, 15) is 9.18 Å². The van der Waals surface area contributed by atoms with Crippen molar-refractivity contribution in [2.24, 2.45) is 0 Å². The SMILES string of the molecule is Cc1nn(CC(=O)Nc2nn(Cc3ccc(F)cc3Cl)cc2Cl)c2nccc(-c3ccccc3)c12. The molecule has 7 nitrogen and oxygen atoms in total. The lowest BCUT2D eigenvalue weighted by molar-refractivity contribution is -0.116. The molecule has 1 amide bonds. The first kappa shape index (κ1) is 23.0. The van der Waals surface area contributed by atoms with Crippen LogP contribution in [0.3, 0.4) is 0 Å². The van der Waals surface area contributed by atoms with E-state index in [1.54, 1.807) is 23.1 Å². The molecule has 0 unspecified atom stereocenters. The molecule has 0 atom stereocenters. The number of aryl methyl sites for hydroxylation is 1. The first-order chi connectivity index (χ1) is 16.9. The summed E-state index contributed by atoms with van der Waals surface area (Å²) in [5.41, 5.74) is 4.11. The fourth-order valence-electron chi connectivity index (χ4n) is 3.94. The highest BCUT2D eigenvalue weighted by Crippen LogP contribution is 2.30. The van der Waals surface area contributed by atoms with E-state index >= 15 is 0 Å². The minimum atomic E-state index is -0.419. The number of halogens is 3. The monoisotopic (exact) mass is 508 g/mol. The molecule has 0 aliphatic heterocycles. The van der Waals surface area contributed by atoms with Crippen molar-refractivity contribution in [2.45, 2.75) is 20.0 Å². The van der Waals surface area contributed by atoms with Crippen LogP contribution in [0.1, 0.15) is 11.3 Å². The third-order valence-corrected chi connectivity index (χ3v) is 6.14. The Balaban J connectivity index is 1.35. The number of fused-ring (bicyclic) bond motifs is 1. The van der Waals surface area contributed by atoms with E-state index in [4.69, 9.17) is 23.2 Å². The third kappa shape index (κ3) is 4.76. The van der Waals surface area contributed by atoms with Crippen LogP contribution in [-0.4, -0.2) is 30.5 Å². The van der Waals surface area contributed by atoms with Crippen molar-refractivity contribution in [3.63, 3.8) is 0 Å². The van der Waals surface area contributed by atoms with Crippen LogP contribution in [0, 0.1) is 12.7 Å². The quantitative estimate of drug-likeness (QED) is 0.317. The molecule has 3 aromatic heterocycles. The molecule has 176 valence electrons. The van der Waals surface area contributed by atoms with E-state index in [1.165, 1.54) is 16.8 Å². The van der Waals surface area contributed by atoms with Crippen LogP contribution in [0.15, 0.2) is 67.0 Å². The van der Waals surface area contributed by atoms with Gasteiger partial charge in [0.25, 0.3) is 0 Å². The number of anilines is 1. The highest BCUT2D eigenvalue weighted by Gasteiger charge is 2.17. The number of hydrogen-bond donors (Lipinski definition) is 1. The maximum atomic E-state index is 13.3. The second-order valence-electron chi connectivity index (χ2n) is 7.97. The molecule has 0 fully saturated rings. The van der Waals surface area contributed by atoms with Crippen LogP contribution in [-0.2, 0) is 17.9 Å². The predicted octanol–water partition coefficient (Wildman–Crippen LogP) is 5.74. The van der Waals surface area contributed by atoms with Gasteiger partial charge in [-0.1, -0.05) is 59.6 Å². The Morgan fingerprint density at radius 3 is 2.63 bits per heavy atom. The Bertz CT molecular complexity index is 1550. The number of nitrogens with one attached hydrogen (secondary N) is 1. The smallest absolute Gasteiger partial charge is 0.247 e. The van der Waals surface area contributed by atoms with Gasteiger partial charge in [0, 0.05) is 22.8 Å². The molecule has 0 bridgehead atoms. The van der Waals surface area contributed by atoms with Crippen LogP contribution in [0.4, 0.5) is 10.2 Å². The molecule has 35 heavy (non-hydrogen) atoms. The molecule has 0 saturated carbocycles. The molecule has 0 aliphatic carbocycles. The van der Waals surface area contributed by atoms with E-state index in [0.29, 0.717) is 11.2 Å². The van der Waals surface area contributed by atoms with Gasteiger partial charge < -0.3 is 5.32 Å². The molecule has 5 rings (SSSR count). The molecule has 0 radical (unpaired) electrons. The summed E-state index contributed by atoms with van der Waals surface area (Å²) in [6.07, 6.45) is 3.28. The van der Waals surface area contributed by atoms with Crippen molar-refractivity contribution in [3.8, 4) is 11.1 Å². The fourth-order valence-corrected chi connectivity index (χ4v) is 4.37. The number of carbonyl (C=O) groups is 1. The summed E-state index contributed by atoms with van der Waals surface area (Å²) >= 11 is 12.4. The molecule has 2 aromatic carbocycles. The summed E-state index contributed by atoms with van der Waals surface area (Å²) in [6.45, 7) is 2.09. The first-order valence-electron chi connectivity index (χ1n) is 10.7. The van der Waals surface area contributed by atoms with Gasteiger partial charge in [0.15, 0.2) is 11.5 Å². The largest absolute Gasteiger partial charge is 0.306 e. The van der Waals surface area contributed by atoms with E-state index < -0.39 is 5.82 Å². The number of rotatable bonds is 6. The van der Waals surface area contributed by atoms with Gasteiger partial charge in [-0.15, -0.1) is 0 Å². The fraction of sp³-hybridized carbons (Fsp3) is 0.120. The maximum Gasteiger partial charge on any atom is 0.247 e. The number of hydrogen-bond acceptors (Lipinski definition) is 4. The second-order valence-corrected chi connectivity index (χ2v) is 8.79. The van der Waals surface area contributed by atoms with E-state index in [2.05, 4.69) is 20.5 Å². The zero-order valence-corrected chi connectivity index (χ0v) is 20.1. The summed E-state index contributed by atoms with van der Waals surface area (Å²) in [5, 5.41) is 13.0. The molecule has 10 heteroatoms. The van der Waals surface area contributed by atoms with Gasteiger partial charge in [-0.2, -0.15) is 10.2 Å². The lowest BCUT2D eigenvalue weighted by Gasteiger charge is -2.06. The number of benzene rings is 2.